The SMILES string of the molecule is CCc1ccc([C@@H]2CCOC2)c(CO)n1. The summed E-state index contributed by atoms with van der Waals surface area (Å²) in [7, 11) is 0. The van der Waals surface area contributed by atoms with Crippen LogP contribution in [0, 0.1) is 0 Å². The van der Waals surface area contributed by atoms with E-state index in [1.165, 1.54) is 0 Å². The van der Waals surface area contributed by atoms with E-state index >= 15 is 0 Å². The Hall–Kier alpha value is -0.930. The van der Waals surface area contributed by atoms with Gasteiger partial charge in [0, 0.05) is 18.2 Å². The van der Waals surface area contributed by atoms with Crippen LogP contribution in [0.4, 0.5) is 0 Å². The molecule has 1 saturated heterocycles. The van der Waals surface area contributed by atoms with Gasteiger partial charge >= 0.3 is 0 Å². The van der Waals surface area contributed by atoms with Crippen LogP contribution in [0.15, 0.2) is 12.1 Å². The third kappa shape index (κ3) is 2.19. The van der Waals surface area contributed by atoms with Crippen molar-refractivity contribution in [3.63, 3.8) is 0 Å². The molecule has 15 heavy (non-hydrogen) atoms. The molecule has 1 N–H and O–H groups in total. The number of aryl methyl sites for hydroxylation is 1. The van der Waals surface area contributed by atoms with Gasteiger partial charge in [-0.05, 0) is 24.5 Å². The highest BCUT2D eigenvalue weighted by atomic mass is 16.5. The molecule has 0 bridgehead atoms. The van der Waals surface area contributed by atoms with Gasteiger partial charge in [-0.15, -0.1) is 0 Å². The summed E-state index contributed by atoms with van der Waals surface area (Å²) in [6.45, 7) is 3.69. The van der Waals surface area contributed by atoms with Crippen LogP contribution >= 0.6 is 0 Å². The van der Waals surface area contributed by atoms with Crippen molar-refractivity contribution in [2.45, 2.75) is 32.3 Å². The Balaban J connectivity index is 2.29. The summed E-state index contributed by atoms with van der Waals surface area (Å²) < 4.78 is 5.36. The van der Waals surface area contributed by atoms with Crippen LogP contribution in [0.1, 0.15) is 36.2 Å². The molecule has 1 aliphatic rings. The topological polar surface area (TPSA) is 42.4 Å². The van der Waals surface area contributed by atoms with Gasteiger partial charge in [-0.25, -0.2) is 0 Å². The number of rotatable bonds is 3. The molecular formula is C12H17NO2. The monoisotopic (exact) mass is 207 g/mol. The van der Waals surface area contributed by atoms with E-state index in [9.17, 15) is 5.11 Å². The number of aromatic nitrogens is 1. The number of ether oxygens (including phenoxy) is 1. The maximum absolute atomic E-state index is 9.30. The van der Waals surface area contributed by atoms with Gasteiger partial charge in [-0.1, -0.05) is 13.0 Å². The van der Waals surface area contributed by atoms with Crippen molar-refractivity contribution in [2.24, 2.45) is 0 Å². The average Bonchev–Trinajstić information content (AvgIpc) is 2.81. The predicted molar refractivity (Wildman–Crippen MR) is 57.7 cm³/mol. The first-order valence-corrected chi connectivity index (χ1v) is 5.52. The maximum atomic E-state index is 9.30. The Labute approximate surface area is 90.1 Å². The van der Waals surface area contributed by atoms with E-state index in [0.717, 1.165) is 43.0 Å². The molecule has 2 rings (SSSR count). The van der Waals surface area contributed by atoms with Gasteiger partial charge in [-0.2, -0.15) is 0 Å². The summed E-state index contributed by atoms with van der Waals surface area (Å²) in [5.41, 5.74) is 3.03. The third-order valence-corrected chi connectivity index (χ3v) is 2.95. The minimum Gasteiger partial charge on any atom is -0.390 e. The second kappa shape index (κ2) is 4.73. The molecule has 0 saturated carbocycles. The fourth-order valence-electron chi connectivity index (χ4n) is 2.03. The van der Waals surface area contributed by atoms with Crippen molar-refractivity contribution in [1.29, 1.82) is 0 Å². The van der Waals surface area contributed by atoms with Gasteiger partial charge in [-0.3, -0.25) is 4.98 Å². The molecule has 1 aliphatic heterocycles. The van der Waals surface area contributed by atoms with Gasteiger partial charge in [0.15, 0.2) is 0 Å². The molecule has 3 heteroatoms. The molecule has 0 radical (unpaired) electrons. The molecule has 0 unspecified atom stereocenters. The number of hydrogen-bond acceptors (Lipinski definition) is 3. The van der Waals surface area contributed by atoms with Gasteiger partial charge in [0.2, 0.25) is 0 Å². The smallest absolute Gasteiger partial charge is 0.0856 e. The summed E-state index contributed by atoms with van der Waals surface area (Å²) in [5.74, 6) is 0.422. The zero-order chi connectivity index (χ0) is 10.7. The first kappa shape index (κ1) is 10.6. The summed E-state index contributed by atoms with van der Waals surface area (Å²) in [6, 6.07) is 4.14. The number of hydrogen-bond donors (Lipinski definition) is 1. The van der Waals surface area contributed by atoms with Gasteiger partial charge in [0.1, 0.15) is 0 Å². The van der Waals surface area contributed by atoms with Crippen molar-refractivity contribution in [3.05, 3.63) is 29.1 Å². The Morgan fingerprint density at radius 1 is 1.53 bits per heavy atom. The first-order chi connectivity index (χ1) is 7.35. The van der Waals surface area contributed by atoms with Crippen LogP contribution in [0.2, 0.25) is 0 Å². The number of aliphatic hydroxyl groups is 1. The fraction of sp³-hybridized carbons (Fsp3) is 0.583. The molecule has 2 heterocycles. The highest BCUT2D eigenvalue weighted by Gasteiger charge is 2.20. The van der Waals surface area contributed by atoms with E-state index < -0.39 is 0 Å². The molecule has 0 amide bonds. The second-order valence-electron chi connectivity index (χ2n) is 3.91. The zero-order valence-corrected chi connectivity index (χ0v) is 9.07. The van der Waals surface area contributed by atoms with Crippen LogP contribution in [0.25, 0.3) is 0 Å². The van der Waals surface area contributed by atoms with E-state index in [1.54, 1.807) is 0 Å². The molecule has 1 aromatic rings. The third-order valence-electron chi connectivity index (χ3n) is 2.95. The Morgan fingerprint density at radius 2 is 2.40 bits per heavy atom. The highest BCUT2D eigenvalue weighted by molar-refractivity contribution is 5.27. The van der Waals surface area contributed by atoms with Crippen LogP contribution in [-0.4, -0.2) is 23.3 Å². The fourth-order valence-corrected chi connectivity index (χ4v) is 2.03. The molecule has 1 fully saturated rings. The summed E-state index contributed by atoms with van der Waals surface area (Å²) >= 11 is 0. The number of nitrogens with zero attached hydrogens (tertiary/aromatic N) is 1. The van der Waals surface area contributed by atoms with Gasteiger partial charge in [0.05, 0.1) is 18.9 Å². The summed E-state index contributed by atoms with van der Waals surface area (Å²) in [4.78, 5) is 4.45. The van der Waals surface area contributed by atoms with Crippen LogP contribution in [0.3, 0.4) is 0 Å². The van der Waals surface area contributed by atoms with Crippen molar-refractivity contribution in [3.8, 4) is 0 Å². The van der Waals surface area contributed by atoms with Crippen LogP contribution in [0.5, 0.6) is 0 Å². The molecule has 1 aromatic heterocycles. The molecule has 0 aliphatic carbocycles. The maximum Gasteiger partial charge on any atom is 0.0856 e. The lowest BCUT2D eigenvalue weighted by Gasteiger charge is -2.12. The van der Waals surface area contributed by atoms with Crippen molar-refractivity contribution >= 4 is 0 Å². The van der Waals surface area contributed by atoms with E-state index in [2.05, 4.69) is 18.0 Å². The van der Waals surface area contributed by atoms with Crippen LogP contribution in [-0.2, 0) is 17.8 Å². The lowest BCUT2D eigenvalue weighted by Crippen LogP contribution is -2.06. The van der Waals surface area contributed by atoms with E-state index in [-0.39, 0.29) is 6.61 Å². The highest BCUT2D eigenvalue weighted by Crippen LogP contribution is 2.27. The average molecular weight is 207 g/mol. The quantitative estimate of drug-likeness (QED) is 0.819. The lowest BCUT2D eigenvalue weighted by atomic mass is 9.96. The van der Waals surface area contributed by atoms with E-state index in [1.807, 2.05) is 6.07 Å². The Kier molecular flexibility index (Phi) is 3.34. The van der Waals surface area contributed by atoms with Crippen LogP contribution < -0.4 is 0 Å². The predicted octanol–water partition coefficient (Wildman–Crippen LogP) is 1.64. The standard InChI is InChI=1S/C12H17NO2/c1-2-10-3-4-11(12(7-14)13-10)9-5-6-15-8-9/h3-4,9,14H,2,5-8H2,1H3/t9-/m1/s1. The summed E-state index contributed by atoms with van der Waals surface area (Å²) in [6.07, 6.45) is 1.95. The lowest BCUT2D eigenvalue weighted by molar-refractivity contribution is 0.193. The molecule has 1 atom stereocenters. The molecule has 0 aromatic carbocycles. The Morgan fingerprint density at radius 3 is 3.00 bits per heavy atom. The zero-order valence-electron chi connectivity index (χ0n) is 9.07. The number of aliphatic hydroxyl groups excluding tert-OH is 1. The van der Waals surface area contributed by atoms with Gasteiger partial charge in [0.25, 0.3) is 0 Å². The summed E-state index contributed by atoms with van der Waals surface area (Å²) in [5, 5.41) is 9.30. The normalized spacial score (nSPS) is 20.8. The van der Waals surface area contributed by atoms with Crippen molar-refractivity contribution in [2.75, 3.05) is 13.2 Å². The minimum absolute atomic E-state index is 0.0275. The molecular weight excluding hydrogens is 190 g/mol. The molecule has 0 spiro atoms. The number of pyridine rings is 1. The van der Waals surface area contributed by atoms with Crippen molar-refractivity contribution < 1.29 is 9.84 Å². The molecule has 3 nitrogen and oxygen atoms in total. The van der Waals surface area contributed by atoms with E-state index in [4.69, 9.17) is 4.74 Å². The largest absolute Gasteiger partial charge is 0.390 e. The van der Waals surface area contributed by atoms with E-state index in [0.29, 0.717) is 5.92 Å². The Bertz CT molecular complexity index is 332. The first-order valence-electron chi connectivity index (χ1n) is 5.52. The molecule has 82 valence electrons. The second-order valence-corrected chi connectivity index (χ2v) is 3.91. The minimum atomic E-state index is 0.0275. The van der Waals surface area contributed by atoms with Gasteiger partial charge < -0.3 is 9.84 Å². The van der Waals surface area contributed by atoms with Crippen molar-refractivity contribution in [1.82, 2.24) is 4.98 Å².